The normalized spacial score (nSPS) is 12.0. The second kappa shape index (κ2) is 29.3. The molecule has 0 rings (SSSR count). The number of hydrogen-bond acceptors (Lipinski definition) is 2. The highest BCUT2D eigenvalue weighted by Gasteiger charge is 2.27. The molecular formula is C38H80N4O2+2. The van der Waals surface area contributed by atoms with Crippen LogP contribution in [0.1, 0.15) is 170 Å². The van der Waals surface area contributed by atoms with Gasteiger partial charge < -0.3 is 19.6 Å². The maximum Gasteiger partial charge on any atom is 0.275 e. The summed E-state index contributed by atoms with van der Waals surface area (Å²) in [5.74, 6) is 0.228. The van der Waals surface area contributed by atoms with Gasteiger partial charge in [-0.3, -0.25) is 9.59 Å². The van der Waals surface area contributed by atoms with Crippen LogP contribution in [0, 0.1) is 0 Å². The van der Waals surface area contributed by atoms with Crippen LogP contribution in [0.5, 0.6) is 0 Å². The lowest BCUT2D eigenvalue weighted by Gasteiger charge is -2.36. The molecule has 0 aliphatic heterocycles. The van der Waals surface area contributed by atoms with Crippen LogP contribution < -0.4 is 10.6 Å². The standard InChI is InChI=1S/C38H78N4O2/c1-7-13-15-17-19-21-23-25-27-29-33-41(9-3,10-4)35-37(43)39-31-32-40-38(44)36-42(11-5,12-6)34-30-28-26-24-22-20-18-16-14-8-2/h7-36H2,1-6H3/p+2. The van der Waals surface area contributed by atoms with Gasteiger partial charge in [0.1, 0.15) is 0 Å². The van der Waals surface area contributed by atoms with Gasteiger partial charge in [0, 0.05) is 13.1 Å². The highest BCUT2D eigenvalue weighted by molar-refractivity contribution is 5.78. The van der Waals surface area contributed by atoms with Crippen LogP contribution in [0.2, 0.25) is 0 Å². The van der Waals surface area contributed by atoms with Crippen LogP contribution in [0.4, 0.5) is 0 Å². The number of carbonyl (C=O) groups is 2. The number of unbranched alkanes of at least 4 members (excludes halogenated alkanes) is 18. The van der Waals surface area contributed by atoms with Crippen molar-refractivity contribution in [2.24, 2.45) is 0 Å². The molecule has 0 bridgehead atoms. The largest absolute Gasteiger partial charge is 0.349 e. The quantitative estimate of drug-likeness (QED) is 0.0566. The fourth-order valence-corrected chi connectivity index (χ4v) is 6.68. The van der Waals surface area contributed by atoms with Crippen molar-refractivity contribution in [2.45, 2.75) is 170 Å². The number of quaternary nitrogens is 2. The molecular weight excluding hydrogens is 544 g/mol. The average Bonchev–Trinajstić information content (AvgIpc) is 3.03. The number of nitrogens with zero attached hydrogens (tertiary/aromatic N) is 2. The Kier molecular flexibility index (Phi) is 28.5. The molecule has 2 amide bonds. The van der Waals surface area contributed by atoms with Gasteiger partial charge in [0.05, 0.1) is 39.3 Å². The number of rotatable bonds is 33. The summed E-state index contributed by atoms with van der Waals surface area (Å²) in [5, 5.41) is 6.18. The molecule has 0 spiro atoms. The van der Waals surface area contributed by atoms with E-state index in [-0.39, 0.29) is 11.8 Å². The molecule has 0 aromatic rings. The zero-order valence-corrected chi connectivity index (χ0v) is 30.9. The Labute approximate surface area is 276 Å². The van der Waals surface area contributed by atoms with Crippen molar-refractivity contribution in [3.8, 4) is 0 Å². The summed E-state index contributed by atoms with van der Waals surface area (Å²) in [6.45, 7) is 21.7. The van der Waals surface area contributed by atoms with Gasteiger partial charge in [0.2, 0.25) is 0 Å². The Morgan fingerprint density at radius 1 is 0.386 bits per heavy atom. The molecule has 262 valence electrons. The summed E-state index contributed by atoms with van der Waals surface area (Å²) in [6.07, 6.45) is 26.8. The van der Waals surface area contributed by atoms with Gasteiger partial charge in [-0.25, -0.2) is 0 Å². The van der Waals surface area contributed by atoms with E-state index in [9.17, 15) is 9.59 Å². The SMILES string of the molecule is CCCCCCCCCCCC[N+](CC)(CC)CC(=O)NCCNC(=O)C[N+](CC)(CC)CCCCCCCCCCCC. The molecule has 0 heterocycles. The third-order valence-electron chi connectivity index (χ3n) is 10.4. The van der Waals surface area contributed by atoms with Gasteiger partial charge in [-0.05, 0) is 53.4 Å². The number of likely N-dealkylation sites (N-methyl/N-ethyl adjacent to an activating group) is 2. The average molecular weight is 625 g/mol. The third-order valence-corrected chi connectivity index (χ3v) is 10.4. The molecule has 0 aliphatic rings. The van der Waals surface area contributed by atoms with Gasteiger partial charge in [-0.15, -0.1) is 0 Å². The van der Waals surface area contributed by atoms with Crippen molar-refractivity contribution in [1.29, 1.82) is 0 Å². The number of carbonyl (C=O) groups excluding carboxylic acids is 2. The zero-order valence-electron chi connectivity index (χ0n) is 30.9. The lowest BCUT2D eigenvalue weighted by molar-refractivity contribution is -0.917. The molecule has 0 fully saturated rings. The highest BCUT2D eigenvalue weighted by atomic mass is 16.2. The van der Waals surface area contributed by atoms with E-state index < -0.39 is 0 Å². The monoisotopic (exact) mass is 625 g/mol. The van der Waals surface area contributed by atoms with Gasteiger partial charge in [0.25, 0.3) is 11.8 Å². The molecule has 0 saturated heterocycles. The maximum absolute atomic E-state index is 12.9. The summed E-state index contributed by atoms with van der Waals surface area (Å²) in [5.41, 5.74) is 0. The fraction of sp³-hybridized carbons (Fsp3) is 0.947. The van der Waals surface area contributed by atoms with Crippen LogP contribution in [-0.2, 0) is 9.59 Å². The van der Waals surface area contributed by atoms with Crippen molar-refractivity contribution in [3.63, 3.8) is 0 Å². The van der Waals surface area contributed by atoms with E-state index in [1.807, 2.05) is 0 Å². The van der Waals surface area contributed by atoms with Crippen molar-refractivity contribution >= 4 is 11.8 Å². The summed E-state index contributed by atoms with van der Waals surface area (Å²) < 4.78 is 1.72. The predicted octanol–water partition coefficient (Wildman–Crippen LogP) is 8.77. The first kappa shape index (κ1) is 42.9. The summed E-state index contributed by atoms with van der Waals surface area (Å²) in [6, 6.07) is 0. The Bertz CT molecular complexity index is 605. The Morgan fingerprint density at radius 2 is 0.636 bits per heavy atom. The lowest BCUT2D eigenvalue weighted by Crippen LogP contribution is -2.55. The minimum absolute atomic E-state index is 0.114. The van der Waals surface area contributed by atoms with E-state index in [1.54, 1.807) is 0 Å². The number of hydrogen-bond donors (Lipinski definition) is 2. The molecule has 6 nitrogen and oxygen atoms in total. The predicted molar refractivity (Wildman–Crippen MR) is 192 cm³/mol. The van der Waals surface area contributed by atoms with E-state index in [0.717, 1.165) is 48.2 Å². The molecule has 0 aromatic carbocycles. The topological polar surface area (TPSA) is 58.2 Å². The summed E-state index contributed by atoms with van der Waals surface area (Å²) in [4.78, 5) is 25.7. The number of nitrogens with one attached hydrogen (secondary N) is 2. The van der Waals surface area contributed by atoms with Gasteiger partial charge in [-0.1, -0.05) is 117 Å². The van der Waals surface area contributed by atoms with E-state index >= 15 is 0 Å². The summed E-state index contributed by atoms with van der Waals surface area (Å²) in [7, 11) is 0. The zero-order chi connectivity index (χ0) is 32.8. The van der Waals surface area contributed by atoms with Crippen LogP contribution in [0.3, 0.4) is 0 Å². The van der Waals surface area contributed by atoms with Gasteiger partial charge in [-0.2, -0.15) is 0 Å². The molecule has 44 heavy (non-hydrogen) atoms. The fourth-order valence-electron chi connectivity index (χ4n) is 6.68. The third kappa shape index (κ3) is 22.4. The lowest BCUT2D eigenvalue weighted by atomic mass is 10.1. The first-order valence-corrected chi connectivity index (χ1v) is 19.6. The van der Waals surface area contributed by atoms with Crippen LogP contribution >= 0.6 is 0 Å². The minimum Gasteiger partial charge on any atom is -0.349 e. The van der Waals surface area contributed by atoms with E-state index in [2.05, 4.69) is 52.2 Å². The minimum atomic E-state index is 0.114. The van der Waals surface area contributed by atoms with Gasteiger partial charge in [0.15, 0.2) is 13.1 Å². The molecule has 0 atom stereocenters. The molecule has 0 radical (unpaired) electrons. The van der Waals surface area contributed by atoms with Gasteiger partial charge >= 0.3 is 0 Å². The molecule has 0 aromatic heterocycles. The van der Waals surface area contributed by atoms with Crippen molar-refractivity contribution < 1.29 is 18.6 Å². The first-order chi connectivity index (χ1) is 21.4. The first-order valence-electron chi connectivity index (χ1n) is 19.6. The molecule has 6 heteroatoms. The van der Waals surface area contributed by atoms with Crippen LogP contribution in [0.15, 0.2) is 0 Å². The highest BCUT2D eigenvalue weighted by Crippen LogP contribution is 2.15. The van der Waals surface area contributed by atoms with Crippen molar-refractivity contribution in [3.05, 3.63) is 0 Å². The second-order valence-corrected chi connectivity index (χ2v) is 13.8. The maximum atomic E-state index is 12.9. The van der Waals surface area contributed by atoms with E-state index in [4.69, 9.17) is 0 Å². The molecule has 0 unspecified atom stereocenters. The molecule has 2 N–H and O–H groups in total. The second-order valence-electron chi connectivity index (χ2n) is 13.8. The van der Waals surface area contributed by atoms with Crippen LogP contribution in [0.25, 0.3) is 0 Å². The van der Waals surface area contributed by atoms with E-state index in [0.29, 0.717) is 26.2 Å². The smallest absolute Gasteiger partial charge is 0.275 e. The Morgan fingerprint density at radius 3 is 0.886 bits per heavy atom. The van der Waals surface area contributed by atoms with E-state index in [1.165, 1.54) is 128 Å². The Hall–Kier alpha value is -1.14. The summed E-state index contributed by atoms with van der Waals surface area (Å²) >= 11 is 0. The number of amides is 2. The van der Waals surface area contributed by atoms with Crippen molar-refractivity contribution in [1.82, 2.24) is 10.6 Å². The molecule has 0 saturated carbocycles. The van der Waals surface area contributed by atoms with Crippen molar-refractivity contribution in [2.75, 3.05) is 65.4 Å². The van der Waals surface area contributed by atoms with Crippen LogP contribution in [-0.4, -0.2) is 86.2 Å². The molecule has 0 aliphatic carbocycles. The Balaban J connectivity index is 4.22.